The molecular weight excluding hydrogens is 518 g/mol. The Morgan fingerprint density at radius 2 is 1.88 bits per heavy atom. The number of carbonyl (C=O) groups is 1. The van der Waals surface area contributed by atoms with Crippen LogP contribution in [-0.2, 0) is 14.4 Å². The molecule has 6 fully saturated rings. The minimum Gasteiger partial charge on any atom is -0.394 e. The highest BCUT2D eigenvalue weighted by Crippen LogP contribution is 2.61. The average Bonchev–Trinajstić information content (AvgIpc) is 3.32. The highest BCUT2D eigenvalue weighted by molar-refractivity contribution is 5.82. The van der Waals surface area contributed by atoms with Gasteiger partial charge in [0.25, 0.3) is 0 Å². The standard InChI is InChI=1S/C33H59N3O5/c1-19-26-15-23(33(26,3)4)16-27(19)34-32(39)30-29(20(2)38)28(18-37)41-36(30)17-22-11-9-13-25(31(22)40-7)21-10-8-12-24(14-21)35(5)6/h19-31,37-38H,8-18H2,1-7H3,(H,34,39)/t19-,20-,21?,22?,23?,24?,25?,26-,27-,28-,29+,30?,31?/m0/s1. The first-order chi connectivity index (χ1) is 19.5. The van der Waals surface area contributed by atoms with E-state index in [4.69, 9.17) is 9.57 Å². The van der Waals surface area contributed by atoms with E-state index in [0.717, 1.165) is 19.3 Å². The molecule has 5 saturated carbocycles. The molecule has 2 bridgehead atoms. The second kappa shape index (κ2) is 12.7. The molecule has 0 aromatic carbocycles. The molecule has 6 rings (SSSR count). The van der Waals surface area contributed by atoms with Crippen LogP contribution in [0, 0.1) is 46.8 Å². The maximum Gasteiger partial charge on any atom is 0.240 e. The van der Waals surface area contributed by atoms with Gasteiger partial charge in [0.15, 0.2) is 0 Å². The molecule has 3 N–H and O–H groups in total. The molecule has 13 atom stereocenters. The average molecular weight is 578 g/mol. The molecule has 8 heteroatoms. The largest absolute Gasteiger partial charge is 0.394 e. The Morgan fingerprint density at radius 3 is 2.49 bits per heavy atom. The number of hydrogen-bond donors (Lipinski definition) is 3. The van der Waals surface area contributed by atoms with Crippen molar-refractivity contribution in [3.05, 3.63) is 0 Å². The normalized spacial score (nSPS) is 45.3. The summed E-state index contributed by atoms with van der Waals surface area (Å²) in [6.07, 6.45) is 9.45. The zero-order chi connectivity index (χ0) is 29.6. The zero-order valence-electron chi connectivity index (χ0n) is 26.8. The minimum absolute atomic E-state index is 0.0646. The van der Waals surface area contributed by atoms with Crippen molar-refractivity contribution in [2.45, 2.75) is 122 Å². The maximum absolute atomic E-state index is 14.1. The van der Waals surface area contributed by atoms with Crippen molar-refractivity contribution < 1.29 is 24.6 Å². The van der Waals surface area contributed by atoms with E-state index in [2.05, 4.69) is 45.1 Å². The molecule has 1 saturated heterocycles. The van der Waals surface area contributed by atoms with Gasteiger partial charge in [-0.15, -0.1) is 0 Å². The number of aliphatic hydroxyl groups is 2. The summed E-state index contributed by atoms with van der Waals surface area (Å²) in [4.78, 5) is 22.8. The number of rotatable bonds is 9. The van der Waals surface area contributed by atoms with Crippen LogP contribution in [0.25, 0.3) is 0 Å². The van der Waals surface area contributed by atoms with Crippen molar-refractivity contribution in [3.63, 3.8) is 0 Å². The summed E-state index contributed by atoms with van der Waals surface area (Å²) in [7, 11) is 6.26. The Kier molecular flexibility index (Phi) is 9.79. The SMILES string of the molecule is COC1C(CN2O[C@@H](CO)[C@@H]([C@H](C)O)C2C(=O)N[C@H]2CC3C[C@@H]([C@@H]2C)C3(C)C)CCCC1C1CCCC(N(C)C)C1. The number of methoxy groups -OCH3 is 1. The second-order valence-electron chi connectivity index (χ2n) is 15.4. The van der Waals surface area contributed by atoms with Gasteiger partial charge in [-0.05, 0) is 101 Å². The number of nitrogens with one attached hydrogen (secondary N) is 1. The summed E-state index contributed by atoms with van der Waals surface area (Å²) in [5.41, 5.74) is 0.352. The first kappa shape index (κ1) is 31.6. The first-order valence-electron chi connectivity index (χ1n) is 16.7. The molecule has 0 aromatic heterocycles. The van der Waals surface area contributed by atoms with Crippen molar-refractivity contribution in [2.24, 2.45) is 46.8 Å². The van der Waals surface area contributed by atoms with Crippen LogP contribution in [0.1, 0.15) is 85.5 Å². The van der Waals surface area contributed by atoms with Crippen LogP contribution < -0.4 is 5.32 Å². The minimum atomic E-state index is -0.772. The molecular formula is C33H59N3O5. The van der Waals surface area contributed by atoms with E-state index in [0.29, 0.717) is 47.6 Å². The van der Waals surface area contributed by atoms with Crippen LogP contribution >= 0.6 is 0 Å². The lowest BCUT2D eigenvalue weighted by Crippen LogP contribution is -2.62. The van der Waals surface area contributed by atoms with Gasteiger partial charge in [0.2, 0.25) is 5.91 Å². The Hall–Kier alpha value is -0.770. The fraction of sp³-hybridized carbons (Fsp3) is 0.970. The summed E-state index contributed by atoms with van der Waals surface area (Å²) in [5, 5.41) is 26.3. The van der Waals surface area contributed by atoms with Crippen LogP contribution in [0.5, 0.6) is 0 Å². The Labute approximate surface area is 248 Å². The molecule has 0 radical (unpaired) electrons. The summed E-state index contributed by atoms with van der Waals surface area (Å²) >= 11 is 0. The third-order valence-corrected chi connectivity index (χ3v) is 12.8. The Balaban J connectivity index is 1.31. The maximum atomic E-state index is 14.1. The summed E-state index contributed by atoms with van der Waals surface area (Å²) in [5.74, 6) is 2.56. The van der Waals surface area contributed by atoms with Gasteiger partial charge < -0.3 is 25.2 Å². The quantitative estimate of drug-likeness (QED) is 0.385. The lowest BCUT2D eigenvalue weighted by atomic mass is 9.45. The number of hydroxylamine groups is 2. The topological polar surface area (TPSA) is 94.5 Å². The molecule has 236 valence electrons. The summed E-state index contributed by atoms with van der Waals surface area (Å²) in [6.45, 7) is 9.12. The fourth-order valence-electron chi connectivity index (χ4n) is 10.2. The third kappa shape index (κ3) is 6.00. The lowest BCUT2D eigenvalue weighted by Gasteiger charge is -2.62. The number of hydrogen-bond acceptors (Lipinski definition) is 7. The predicted octanol–water partition coefficient (Wildman–Crippen LogP) is 3.70. The first-order valence-corrected chi connectivity index (χ1v) is 16.7. The predicted molar refractivity (Wildman–Crippen MR) is 160 cm³/mol. The van der Waals surface area contributed by atoms with E-state index in [1.54, 1.807) is 6.92 Å². The smallest absolute Gasteiger partial charge is 0.240 e. The van der Waals surface area contributed by atoms with E-state index in [1.165, 1.54) is 38.5 Å². The molecule has 8 nitrogen and oxygen atoms in total. The molecule has 1 aliphatic heterocycles. The number of ether oxygens (including phenoxy) is 1. The van der Waals surface area contributed by atoms with E-state index >= 15 is 0 Å². The van der Waals surface area contributed by atoms with E-state index in [-0.39, 0.29) is 30.6 Å². The van der Waals surface area contributed by atoms with Gasteiger partial charge in [0, 0.05) is 37.6 Å². The highest BCUT2D eigenvalue weighted by Gasteiger charge is 2.57. The molecule has 41 heavy (non-hydrogen) atoms. The second-order valence-corrected chi connectivity index (χ2v) is 15.4. The molecule has 1 heterocycles. The van der Waals surface area contributed by atoms with Crippen LogP contribution in [-0.4, -0.2) is 96.9 Å². The number of nitrogens with zero attached hydrogens (tertiary/aromatic N) is 2. The third-order valence-electron chi connectivity index (χ3n) is 12.8. The molecule has 0 spiro atoms. The molecule has 5 aliphatic carbocycles. The van der Waals surface area contributed by atoms with Crippen LogP contribution in [0.3, 0.4) is 0 Å². The Morgan fingerprint density at radius 1 is 1.15 bits per heavy atom. The number of aliphatic hydroxyl groups excluding tert-OH is 2. The number of fused-ring (bicyclic) bond motifs is 2. The van der Waals surface area contributed by atoms with Crippen molar-refractivity contribution in [2.75, 3.05) is 34.4 Å². The van der Waals surface area contributed by atoms with Crippen molar-refractivity contribution >= 4 is 5.91 Å². The molecule has 6 aliphatic rings. The highest BCUT2D eigenvalue weighted by atomic mass is 16.7. The molecule has 1 amide bonds. The van der Waals surface area contributed by atoms with Crippen LogP contribution in [0.15, 0.2) is 0 Å². The van der Waals surface area contributed by atoms with Crippen LogP contribution in [0.4, 0.5) is 0 Å². The summed E-state index contributed by atoms with van der Waals surface area (Å²) < 4.78 is 6.28. The van der Waals surface area contributed by atoms with Crippen LogP contribution in [0.2, 0.25) is 0 Å². The van der Waals surface area contributed by atoms with E-state index in [9.17, 15) is 15.0 Å². The molecule has 0 aromatic rings. The van der Waals surface area contributed by atoms with Gasteiger partial charge in [0.05, 0.1) is 18.8 Å². The Bertz CT molecular complexity index is 898. The van der Waals surface area contributed by atoms with Gasteiger partial charge in [-0.25, -0.2) is 0 Å². The van der Waals surface area contributed by atoms with Crippen molar-refractivity contribution in [1.29, 1.82) is 0 Å². The van der Waals surface area contributed by atoms with Gasteiger partial charge in [-0.3, -0.25) is 9.63 Å². The summed E-state index contributed by atoms with van der Waals surface area (Å²) in [6, 6.07) is 0.152. The monoisotopic (exact) mass is 577 g/mol. The number of carbonyl (C=O) groups excluding carboxylic acids is 1. The molecule has 7 unspecified atom stereocenters. The van der Waals surface area contributed by atoms with Crippen molar-refractivity contribution in [3.8, 4) is 0 Å². The fourth-order valence-corrected chi connectivity index (χ4v) is 10.2. The van der Waals surface area contributed by atoms with E-state index in [1.807, 2.05) is 12.2 Å². The van der Waals surface area contributed by atoms with Gasteiger partial charge in [-0.1, -0.05) is 33.6 Å². The van der Waals surface area contributed by atoms with Crippen molar-refractivity contribution in [1.82, 2.24) is 15.3 Å². The van der Waals surface area contributed by atoms with Gasteiger partial charge in [0.1, 0.15) is 12.1 Å². The van der Waals surface area contributed by atoms with Gasteiger partial charge in [-0.2, -0.15) is 5.06 Å². The van der Waals surface area contributed by atoms with E-state index < -0.39 is 24.2 Å². The lowest BCUT2D eigenvalue weighted by molar-refractivity contribution is -0.193. The zero-order valence-corrected chi connectivity index (χ0v) is 26.8. The van der Waals surface area contributed by atoms with Gasteiger partial charge >= 0.3 is 0 Å². The number of amides is 1.